The van der Waals surface area contributed by atoms with Gasteiger partial charge in [-0.1, -0.05) is 24.3 Å². The van der Waals surface area contributed by atoms with Crippen LogP contribution in [0.15, 0.2) is 30.6 Å². The lowest BCUT2D eigenvalue weighted by atomic mass is 9.97. The van der Waals surface area contributed by atoms with Crippen LogP contribution in [0.5, 0.6) is 0 Å². The van der Waals surface area contributed by atoms with Crippen LogP contribution in [-0.4, -0.2) is 40.6 Å². The van der Waals surface area contributed by atoms with Gasteiger partial charge in [-0.25, -0.2) is 18.7 Å². The third-order valence-corrected chi connectivity index (χ3v) is 5.09. The highest BCUT2D eigenvalue weighted by Gasteiger charge is 2.32. The lowest BCUT2D eigenvalue weighted by molar-refractivity contribution is -0.383. The van der Waals surface area contributed by atoms with E-state index in [1.54, 1.807) is 11.8 Å². The Kier molecular flexibility index (Phi) is 7.27. The van der Waals surface area contributed by atoms with E-state index in [0.29, 0.717) is 38.1 Å². The van der Waals surface area contributed by atoms with E-state index in [0.717, 1.165) is 0 Å². The summed E-state index contributed by atoms with van der Waals surface area (Å²) in [6.07, 6.45) is -0.291. The fraction of sp³-hybridized carbons (Fsp3) is 0.450. The second-order valence-corrected chi connectivity index (χ2v) is 7.06. The number of carbonyl (C=O) groups is 1. The molecule has 0 radical (unpaired) electrons. The minimum atomic E-state index is -2.56. The number of nitrogens with zero attached hydrogens (tertiary/aromatic N) is 4. The Hall–Kier alpha value is -3.37. The van der Waals surface area contributed by atoms with Gasteiger partial charge in [-0.15, -0.1) is 0 Å². The summed E-state index contributed by atoms with van der Waals surface area (Å²) in [5, 5.41) is 14.7. The molecule has 1 aliphatic rings. The number of ether oxygens (including phenoxy) is 1. The number of hydrogen-bond donors (Lipinski definition) is 1. The molecule has 0 amide bonds. The number of hydrogen-bond acceptors (Lipinski definition) is 8. The molecule has 1 aromatic carbocycles. The zero-order chi connectivity index (χ0) is 22.4. The molecule has 1 N–H and O–H groups in total. The summed E-state index contributed by atoms with van der Waals surface area (Å²) in [6, 6.07) is 5.69. The molecule has 0 spiro atoms. The van der Waals surface area contributed by atoms with Crippen molar-refractivity contribution in [3.63, 3.8) is 0 Å². The van der Waals surface area contributed by atoms with E-state index in [1.165, 1.54) is 30.6 Å². The quantitative estimate of drug-likeness (QED) is 0.380. The zero-order valence-corrected chi connectivity index (χ0v) is 17.0. The topological polar surface area (TPSA) is 110 Å². The van der Waals surface area contributed by atoms with E-state index in [2.05, 4.69) is 15.3 Å². The van der Waals surface area contributed by atoms with Crippen LogP contribution in [0.4, 0.5) is 26.1 Å². The molecule has 1 aliphatic heterocycles. The van der Waals surface area contributed by atoms with Gasteiger partial charge in [0.25, 0.3) is 6.43 Å². The van der Waals surface area contributed by atoms with E-state index >= 15 is 0 Å². The van der Waals surface area contributed by atoms with Crippen LogP contribution in [-0.2, 0) is 16.1 Å². The number of nitro groups is 1. The summed E-state index contributed by atoms with van der Waals surface area (Å²) in [7, 11) is 0. The van der Waals surface area contributed by atoms with Crippen LogP contribution in [0.1, 0.15) is 37.3 Å². The van der Waals surface area contributed by atoms with Gasteiger partial charge in [-0.3, -0.25) is 14.9 Å². The second-order valence-electron chi connectivity index (χ2n) is 7.06. The molecule has 0 saturated carbocycles. The Labute approximate surface area is 177 Å². The predicted molar refractivity (Wildman–Crippen MR) is 109 cm³/mol. The Morgan fingerprint density at radius 3 is 2.55 bits per heavy atom. The third-order valence-electron chi connectivity index (χ3n) is 5.09. The summed E-state index contributed by atoms with van der Waals surface area (Å²) in [5.74, 6) is -0.260. The van der Waals surface area contributed by atoms with Gasteiger partial charge >= 0.3 is 11.7 Å². The first kappa shape index (κ1) is 22.3. The molecule has 11 heteroatoms. The number of halogens is 2. The van der Waals surface area contributed by atoms with Gasteiger partial charge in [0.15, 0.2) is 0 Å². The number of carbonyl (C=O) groups excluding carboxylic acids is 1. The van der Waals surface area contributed by atoms with Crippen LogP contribution in [0.2, 0.25) is 0 Å². The van der Waals surface area contributed by atoms with Gasteiger partial charge in [0.2, 0.25) is 11.6 Å². The summed E-state index contributed by atoms with van der Waals surface area (Å²) < 4.78 is 30.4. The van der Waals surface area contributed by atoms with Crippen LogP contribution in [0.3, 0.4) is 0 Å². The van der Waals surface area contributed by atoms with Crippen molar-refractivity contribution in [3.8, 4) is 0 Å². The summed E-state index contributed by atoms with van der Waals surface area (Å²) in [4.78, 5) is 33.0. The second kappa shape index (κ2) is 10.1. The molecular formula is C20H23F2N5O4. The fourth-order valence-corrected chi connectivity index (χ4v) is 3.45. The Morgan fingerprint density at radius 1 is 1.29 bits per heavy atom. The first-order valence-corrected chi connectivity index (χ1v) is 9.92. The number of esters is 1. The van der Waals surface area contributed by atoms with E-state index in [1.807, 2.05) is 0 Å². The summed E-state index contributed by atoms with van der Waals surface area (Å²) in [5.41, 5.74) is 0.320. The van der Waals surface area contributed by atoms with E-state index < -0.39 is 11.3 Å². The van der Waals surface area contributed by atoms with E-state index in [-0.39, 0.29) is 41.3 Å². The first-order chi connectivity index (χ1) is 14.9. The number of benzene rings is 1. The van der Waals surface area contributed by atoms with Crippen molar-refractivity contribution >= 4 is 23.3 Å². The number of anilines is 2. The van der Waals surface area contributed by atoms with Crippen molar-refractivity contribution in [2.45, 2.75) is 32.7 Å². The van der Waals surface area contributed by atoms with Gasteiger partial charge in [0.1, 0.15) is 6.33 Å². The molecule has 1 aromatic heterocycles. The van der Waals surface area contributed by atoms with Crippen molar-refractivity contribution in [3.05, 3.63) is 51.8 Å². The standard InChI is InChI=1S/C20H23F2N5O4/c1-2-31-20(28)15-7-9-26(10-8-15)19-16(27(29)30)18(24-12-25-19)23-11-13-3-5-14(6-4-13)17(21)22/h3-6,12,15,17H,2,7-11H2,1H3,(H,23,24,25). The fourth-order valence-electron chi connectivity index (χ4n) is 3.45. The van der Waals surface area contributed by atoms with Crippen molar-refractivity contribution in [1.29, 1.82) is 0 Å². The molecule has 9 nitrogen and oxygen atoms in total. The molecule has 0 aliphatic carbocycles. The molecule has 1 saturated heterocycles. The van der Waals surface area contributed by atoms with Gasteiger partial charge in [-0.2, -0.15) is 0 Å². The highest BCUT2D eigenvalue weighted by Crippen LogP contribution is 2.34. The summed E-state index contributed by atoms with van der Waals surface area (Å²) in [6.45, 7) is 3.09. The largest absolute Gasteiger partial charge is 0.466 e. The van der Waals surface area contributed by atoms with Gasteiger partial charge in [-0.05, 0) is 25.3 Å². The molecule has 2 heterocycles. The maximum absolute atomic E-state index is 12.7. The van der Waals surface area contributed by atoms with Gasteiger partial charge in [0.05, 0.1) is 17.4 Å². The number of aromatic nitrogens is 2. The third kappa shape index (κ3) is 5.41. The minimum absolute atomic E-state index is 0.0421. The highest BCUT2D eigenvalue weighted by atomic mass is 19.3. The average molecular weight is 435 g/mol. The number of nitrogens with one attached hydrogen (secondary N) is 1. The molecule has 0 bridgehead atoms. The lowest BCUT2D eigenvalue weighted by Crippen LogP contribution is -2.37. The number of rotatable bonds is 8. The molecule has 166 valence electrons. The lowest BCUT2D eigenvalue weighted by Gasteiger charge is -2.31. The SMILES string of the molecule is CCOC(=O)C1CCN(c2ncnc(NCc3ccc(C(F)F)cc3)c2[N+](=O)[O-])CC1. The van der Waals surface area contributed by atoms with Crippen LogP contribution in [0, 0.1) is 16.0 Å². The number of alkyl halides is 2. The monoisotopic (exact) mass is 435 g/mol. The Bertz CT molecular complexity index is 918. The Balaban J connectivity index is 1.72. The molecule has 2 aromatic rings. The van der Waals surface area contributed by atoms with Gasteiger partial charge < -0.3 is 15.0 Å². The van der Waals surface area contributed by atoms with Crippen LogP contribution in [0.25, 0.3) is 0 Å². The van der Waals surface area contributed by atoms with Crippen molar-refractivity contribution in [2.75, 3.05) is 29.9 Å². The number of piperidine rings is 1. The average Bonchev–Trinajstić information content (AvgIpc) is 2.77. The predicted octanol–water partition coefficient (Wildman–Crippen LogP) is 3.71. The molecule has 0 atom stereocenters. The van der Waals surface area contributed by atoms with Crippen LogP contribution < -0.4 is 10.2 Å². The maximum Gasteiger partial charge on any atom is 0.353 e. The summed E-state index contributed by atoms with van der Waals surface area (Å²) >= 11 is 0. The van der Waals surface area contributed by atoms with E-state index in [9.17, 15) is 23.7 Å². The van der Waals surface area contributed by atoms with Crippen LogP contribution >= 0.6 is 0 Å². The van der Waals surface area contributed by atoms with Crippen molar-refractivity contribution in [2.24, 2.45) is 5.92 Å². The van der Waals surface area contributed by atoms with Crippen molar-refractivity contribution in [1.82, 2.24) is 9.97 Å². The Morgan fingerprint density at radius 2 is 1.97 bits per heavy atom. The molecular weight excluding hydrogens is 412 g/mol. The van der Waals surface area contributed by atoms with Gasteiger partial charge in [0, 0.05) is 25.2 Å². The van der Waals surface area contributed by atoms with E-state index in [4.69, 9.17) is 4.74 Å². The van der Waals surface area contributed by atoms with Crippen molar-refractivity contribution < 1.29 is 23.2 Å². The zero-order valence-electron chi connectivity index (χ0n) is 17.0. The molecule has 31 heavy (non-hydrogen) atoms. The minimum Gasteiger partial charge on any atom is -0.466 e. The highest BCUT2D eigenvalue weighted by molar-refractivity contribution is 5.74. The normalized spacial score (nSPS) is 14.5. The molecule has 0 unspecified atom stereocenters. The molecule has 1 fully saturated rings. The smallest absolute Gasteiger partial charge is 0.353 e. The maximum atomic E-state index is 12.7. The first-order valence-electron chi connectivity index (χ1n) is 9.92. The molecule has 3 rings (SSSR count).